The second-order valence-electron chi connectivity index (χ2n) is 6.35. The molecule has 1 N–H and O–H groups in total. The Hall–Kier alpha value is -2.48. The number of carbonyl (C=O) groups is 1. The van der Waals surface area contributed by atoms with Crippen LogP contribution in [0, 0.1) is 6.92 Å². The summed E-state index contributed by atoms with van der Waals surface area (Å²) in [5.41, 5.74) is 3.20. The number of hydrogen-bond donors (Lipinski definition) is 1. The number of carbonyl (C=O) groups excluding carboxylic acids is 1. The molecule has 0 aliphatic carbocycles. The molecule has 0 saturated heterocycles. The Kier molecular flexibility index (Phi) is 5.54. The molecule has 148 valence electrons. The van der Waals surface area contributed by atoms with Gasteiger partial charge < -0.3 is 10.1 Å². The maximum atomic E-state index is 12.4. The van der Waals surface area contributed by atoms with Gasteiger partial charge in [-0.1, -0.05) is 35.0 Å². The summed E-state index contributed by atoms with van der Waals surface area (Å²) in [5.74, 6) is 0.662. The molecule has 2 heterocycles. The highest BCUT2D eigenvalue weighted by atomic mass is 35.5. The van der Waals surface area contributed by atoms with Crippen LogP contribution in [0.4, 0.5) is 5.69 Å². The van der Waals surface area contributed by atoms with Gasteiger partial charge in [-0.3, -0.25) is 9.20 Å². The summed E-state index contributed by atoms with van der Waals surface area (Å²) in [4.78, 5) is 12.4. The average Bonchev–Trinajstić information content (AvgIpc) is 3.11. The third kappa shape index (κ3) is 3.99. The lowest BCUT2D eigenvalue weighted by molar-refractivity contribution is -0.113. The Morgan fingerprint density at radius 3 is 2.79 bits per heavy atom. The number of thioether (sulfide) groups is 1. The molecule has 4 rings (SSSR count). The van der Waals surface area contributed by atoms with Gasteiger partial charge in [-0.2, -0.15) is 0 Å². The molecule has 0 fully saturated rings. The van der Waals surface area contributed by atoms with Gasteiger partial charge in [0.2, 0.25) is 5.91 Å². The lowest BCUT2D eigenvalue weighted by Gasteiger charge is -2.10. The predicted molar refractivity (Wildman–Crippen MR) is 118 cm³/mol. The van der Waals surface area contributed by atoms with Gasteiger partial charge in [0.1, 0.15) is 5.75 Å². The Bertz CT molecular complexity index is 1240. The van der Waals surface area contributed by atoms with E-state index in [2.05, 4.69) is 15.5 Å². The lowest BCUT2D eigenvalue weighted by atomic mass is 10.1. The average molecular weight is 447 g/mol. The molecule has 0 unspecified atom stereocenters. The van der Waals surface area contributed by atoms with Gasteiger partial charge >= 0.3 is 0 Å². The Labute approximate surface area is 181 Å². The fourth-order valence-electron chi connectivity index (χ4n) is 3.03. The summed E-state index contributed by atoms with van der Waals surface area (Å²) in [6, 6.07) is 12.7. The van der Waals surface area contributed by atoms with Crippen LogP contribution in [-0.4, -0.2) is 33.4 Å². The Morgan fingerprint density at radius 1 is 1.17 bits per heavy atom. The van der Waals surface area contributed by atoms with Crippen LogP contribution in [0.15, 0.2) is 47.6 Å². The van der Waals surface area contributed by atoms with Crippen molar-refractivity contribution in [2.45, 2.75) is 12.1 Å². The SMILES string of the molecule is COc1ccc2c(C)cc3nnc(SCC(=O)Nc4cc(Cl)ccc4Cl)n3c2c1. The van der Waals surface area contributed by atoms with Gasteiger partial charge in [-0.15, -0.1) is 10.2 Å². The van der Waals surface area contributed by atoms with Crippen molar-refractivity contribution in [2.24, 2.45) is 0 Å². The van der Waals surface area contributed by atoms with E-state index in [9.17, 15) is 4.79 Å². The molecule has 1 amide bonds. The highest BCUT2D eigenvalue weighted by Crippen LogP contribution is 2.29. The molecule has 0 aliphatic rings. The van der Waals surface area contributed by atoms with Gasteiger partial charge in [-0.05, 0) is 48.9 Å². The van der Waals surface area contributed by atoms with Crippen LogP contribution in [-0.2, 0) is 4.79 Å². The topological polar surface area (TPSA) is 68.5 Å². The number of ether oxygens (including phenoxy) is 1. The van der Waals surface area contributed by atoms with Gasteiger partial charge in [0.25, 0.3) is 0 Å². The summed E-state index contributed by atoms with van der Waals surface area (Å²) in [6.07, 6.45) is 0. The number of benzene rings is 2. The normalized spacial score (nSPS) is 11.2. The van der Waals surface area contributed by atoms with E-state index in [0.29, 0.717) is 26.5 Å². The van der Waals surface area contributed by atoms with Crippen molar-refractivity contribution >= 4 is 63.1 Å². The van der Waals surface area contributed by atoms with Crippen molar-refractivity contribution in [3.05, 3.63) is 58.1 Å². The van der Waals surface area contributed by atoms with Crippen LogP contribution >= 0.6 is 35.0 Å². The van der Waals surface area contributed by atoms with Crippen molar-refractivity contribution in [1.82, 2.24) is 14.6 Å². The fourth-order valence-corrected chi connectivity index (χ4v) is 4.12. The quantitative estimate of drug-likeness (QED) is 0.424. The fraction of sp³-hybridized carbons (Fsp3) is 0.150. The highest BCUT2D eigenvalue weighted by molar-refractivity contribution is 7.99. The van der Waals surface area contributed by atoms with Gasteiger partial charge in [0.05, 0.1) is 29.1 Å². The number of methoxy groups -OCH3 is 1. The second kappa shape index (κ2) is 8.10. The molecule has 0 radical (unpaired) electrons. The van der Waals surface area contributed by atoms with Crippen LogP contribution in [0.1, 0.15) is 5.56 Å². The van der Waals surface area contributed by atoms with Crippen molar-refractivity contribution in [3.8, 4) is 5.75 Å². The number of nitrogens with zero attached hydrogens (tertiary/aromatic N) is 3. The van der Waals surface area contributed by atoms with Gasteiger partial charge in [0.15, 0.2) is 10.8 Å². The van der Waals surface area contributed by atoms with E-state index in [4.69, 9.17) is 27.9 Å². The first-order valence-electron chi connectivity index (χ1n) is 8.66. The number of rotatable bonds is 5. The number of amides is 1. The van der Waals surface area contributed by atoms with E-state index in [1.54, 1.807) is 25.3 Å². The number of anilines is 1. The minimum absolute atomic E-state index is 0.142. The lowest BCUT2D eigenvalue weighted by Crippen LogP contribution is -2.14. The summed E-state index contributed by atoms with van der Waals surface area (Å²) < 4.78 is 7.29. The van der Waals surface area contributed by atoms with E-state index < -0.39 is 0 Å². The molecule has 29 heavy (non-hydrogen) atoms. The maximum absolute atomic E-state index is 12.4. The summed E-state index contributed by atoms with van der Waals surface area (Å²) in [5, 5.41) is 13.9. The minimum atomic E-state index is -0.218. The molecule has 0 aliphatic heterocycles. The van der Waals surface area contributed by atoms with Crippen molar-refractivity contribution in [1.29, 1.82) is 0 Å². The standard InChI is InChI=1S/C20H16Cl2N4O2S/c1-11-7-18-24-25-20(26(18)17-9-13(28-2)4-5-14(11)17)29-10-19(27)23-16-8-12(21)3-6-15(16)22/h3-9H,10H2,1-2H3,(H,23,27). The zero-order valence-corrected chi connectivity index (χ0v) is 17.9. The molecule has 4 aromatic rings. The number of halogens is 2. The number of hydrogen-bond acceptors (Lipinski definition) is 5. The van der Waals surface area contributed by atoms with E-state index in [1.807, 2.05) is 35.6 Å². The van der Waals surface area contributed by atoms with Crippen LogP contribution in [0.3, 0.4) is 0 Å². The third-order valence-electron chi connectivity index (χ3n) is 4.41. The highest BCUT2D eigenvalue weighted by Gasteiger charge is 2.14. The van der Waals surface area contributed by atoms with E-state index in [0.717, 1.165) is 22.2 Å². The maximum Gasteiger partial charge on any atom is 0.234 e. The molecular weight excluding hydrogens is 431 g/mol. The number of pyridine rings is 1. The van der Waals surface area contributed by atoms with Crippen molar-refractivity contribution in [2.75, 3.05) is 18.2 Å². The number of nitrogens with one attached hydrogen (secondary N) is 1. The molecule has 0 saturated carbocycles. The molecule has 0 atom stereocenters. The zero-order valence-electron chi connectivity index (χ0n) is 15.6. The van der Waals surface area contributed by atoms with Gasteiger partial charge in [0, 0.05) is 16.5 Å². The molecule has 0 bridgehead atoms. The Balaban J connectivity index is 1.62. The van der Waals surface area contributed by atoms with Crippen LogP contribution in [0.5, 0.6) is 5.75 Å². The molecular formula is C20H16Cl2N4O2S. The molecule has 2 aromatic heterocycles. The third-order valence-corrected chi connectivity index (χ3v) is 5.90. The summed E-state index contributed by atoms with van der Waals surface area (Å²) in [7, 11) is 1.63. The smallest absolute Gasteiger partial charge is 0.234 e. The first-order valence-corrected chi connectivity index (χ1v) is 10.4. The monoisotopic (exact) mass is 446 g/mol. The van der Waals surface area contributed by atoms with Crippen molar-refractivity contribution < 1.29 is 9.53 Å². The molecule has 0 spiro atoms. The molecule has 2 aromatic carbocycles. The molecule has 6 nitrogen and oxygen atoms in total. The number of fused-ring (bicyclic) bond motifs is 3. The van der Waals surface area contributed by atoms with E-state index >= 15 is 0 Å². The number of aryl methyl sites for hydroxylation is 1. The van der Waals surface area contributed by atoms with E-state index in [1.165, 1.54) is 11.8 Å². The van der Waals surface area contributed by atoms with Crippen LogP contribution < -0.4 is 10.1 Å². The van der Waals surface area contributed by atoms with Gasteiger partial charge in [-0.25, -0.2) is 0 Å². The second-order valence-corrected chi connectivity index (χ2v) is 8.13. The van der Waals surface area contributed by atoms with Crippen LogP contribution in [0.2, 0.25) is 10.0 Å². The minimum Gasteiger partial charge on any atom is -0.497 e. The number of aromatic nitrogens is 3. The van der Waals surface area contributed by atoms with Crippen LogP contribution in [0.25, 0.3) is 16.6 Å². The van der Waals surface area contributed by atoms with Crippen molar-refractivity contribution in [3.63, 3.8) is 0 Å². The first-order chi connectivity index (χ1) is 14.0. The first kappa shape index (κ1) is 19.8. The predicted octanol–water partition coefficient (Wildman–Crippen LogP) is 5.24. The summed E-state index contributed by atoms with van der Waals surface area (Å²) >= 11 is 13.4. The molecule has 9 heteroatoms. The Morgan fingerprint density at radius 2 is 2.00 bits per heavy atom. The zero-order chi connectivity index (χ0) is 20.5. The summed E-state index contributed by atoms with van der Waals surface area (Å²) in [6.45, 7) is 2.03. The van der Waals surface area contributed by atoms with E-state index in [-0.39, 0.29) is 11.7 Å². The largest absolute Gasteiger partial charge is 0.497 e.